The van der Waals surface area contributed by atoms with Gasteiger partial charge in [-0.1, -0.05) is 32.8 Å². The van der Waals surface area contributed by atoms with Crippen LogP contribution in [0.2, 0.25) is 0 Å². The molecule has 0 aliphatic rings. The maximum Gasteiger partial charge on any atom is 0.314 e. The molecule has 0 unspecified atom stereocenters. The van der Waals surface area contributed by atoms with E-state index < -0.39 is 4.92 Å². The van der Waals surface area contributed by atoms with Crippen LogP contribution in [0, 0.1) is 16.0 Å². The summed E-state index contributed by atoms with van der Waals surface area (Å²) >= 11 is 0. The second-order valence-corrected chi connectivity index (χ2v) is 4.82. The molecule has 0 heterocycles. The lowest BCUT2D eigenvalue weighted by Gasteiger charge is -2.09. The van der Waals surface area contributed by atoms with Crippen molar-refractivity contribution in [2.24, 2.45) is 5.92 Å². The highest BCUT2D eigenvalue weighted by molar-refractivity contribution is 5.74. The Morgan fingerprint density at radius 1 is 1.39 bits per heavy atom. The first-order chi connectivity index (χ1) is 8.52. The molecule has 0 bridgehead atoms. The number of nitrogen functional groups attached to an aromatic ring is 1. The number of hydrogen-bond acceptors (Lipinski definition) is 4. The summed E-state index contributed by atoms with van der Waals surface area (Å²) < 4.78 is 0. The van der Waals surface area contributed by atoms with Crippen LogP contribution in [0.15, 0.2) is 18.2 Å². The maximum atomic E-state index is 10.9. The van der Waals surface area contributed by atoms with Crippen molar-refractivity contribution in [1.82, 2.24) is 0 Å². The van der Waals surface area contributed by atoms with Gasteiger partial charge in [0.1, 0.15) is 11.4 Å². The minimum Gasteiger partial charge on any atom is -0.393 e. The first-order valence-corrected chi connectivity index (χ1v) is 6.29. The van der Waals surface area contributed by atoms with E-state index in [4.69, 9.17) is 5.73 Å². The summed E-state index contributed by atoms with van der Waals surface area (Å²) in [7, 11) is 0. The minimum atomic E-state index is -0.439. The fourth-order valence-electron chi connectivity index (χ4n) is 1.81. The van der Waals surface area contributed by atoms with Gasteiger partial charge in [0.15, 0.2) is 0 Å². The molecule has 3 N–H and O–H groups in total. The number of anilines is 2. The van der Waals surface area contributed by atoms with Crippen molar-refractivity contribution < 1.29 is 4.92 Å². The van der Waals surface area contributed by atoms with E-state index in [-0.39, 0.29) is 11.4 Å². The predicted molar refractivity (Wildman–Crippen MR) is 74.7 cm³/mol. The molecule has 0 amide bonds. The van der Waals surface area contributed by atoms with Crippen LogP contribution in [0.25, 0.3) is 0 Å². The molecular weight excluding hydrogens is 230 g/mol. The molecule has 5 nitrogen and oxygen atoms in total. The molecule has 0 spiro atoms. The Bertz CT molecular complexity index is 405. The minimum absolute atomic E-state index is 0.0265. The summed E-state index contributed by atoms with van der Waals surface area (Å²) in [6.45, 7) is 5.11. The van der Waals surface area contributed by atoms with E-state index in [1.54, 1.807) is 18.2 Å². The van der Waals surface area contributed by atoms with Crippen molar-refractivity contribution in [3.8, 4) is 0 Å². The van der Waals surface area contributed by atoms with Gasteiger partial charge in [0.05, 0.1) is 4.92 Å². The molecule has 18 heavy (non-hydrogen) atoms. The monoisotopic (exact) mass is 251 g/mol. The number of rotatable bonds is 7. The molecule has 0 aromatic heterocycles. The number of benzene rings is 1. The van der Waals surface area contributed by atoms with Gasteiger partial charge in [-0.3, -0.25) is 10.1 Å². The van der Waals surface area contributed by atoms with E-state index in [1.807, 2.05) is 0 Å². The zero-order chi connectivity index (χ0) is 13.5. The van der Waals surface area contributed by atoms with Gasteiger partial charge in [-0.25, -0.2) is 0 Å². The lowest BCUT2D eigenvalue weighted by Crippen LogP contribution is -2.06. The summed E-state index contributed by atoms with van der Waals surface area (Å²) in [4.78, 5) is 10.5. The fraction of sp³-hybridized carbons (Fsp3) is 0.538. The molecule has 0 radical (unpaired) electrons. The van der Waals surface area contributed by atoms with Crippen LogP contribution in [0.5, 0.6) is 0 Å². The van der Waals surface area contributed by atoms with Gasteiger partial charge >= 0.3 is 5.69 Å². The van der Waals surface area contributed by atoms with Crippen LogP contribution in [0.3, 0.4) is 0 Å². The van der Waals surface area contributed by atoms with Crippen LogP contribution >= 0.6 is 0 Å². The van der Waals surface area contributed by atoms with Gasteiger partial charge in [0.2, 0.25) is 0 Å². The highest BCUT2D eigenvalue weighted by atomic mass is 16.6. The molecule has 5 heteroatoms. The molecule has 1 aromatic carbocycles. The number of unbranched alkanes of at least 4 members (excludes halogenated alkanes) is 1. The average molecular weight is 251 g/mol. The zero-order valence-corrected chi connectivity index (χ0v) is 11.0. The number of nitro groups is 1. The van der Waals surface area contributed by atoms with Gasteiger partial charge in [-0.2, -0.15) is 0 Å². The lowest BCUT2D eigenvalue weighted by molar-refractivity contribution is -0.383. The van der Waals surface area contributed by atoms with E-state index in [0.717, 1.165) is 19.4 Å². The van der Waals surface area contributed by atoms with Gasteiger partial charge in [-0.05, 0) is 24.5 Å². The van der Waals surface area contributed by atoms with Gasteiger partial charge in [-0.15, -0.1) is 0 Å². The number of hydrogen-bond donors (Lipinski definition) is 2. The Labute approximate surface area is 108 Å². The Kier molecular flexibility index (Phi) is 5.42. The fourth-order valence-corrected chi connectivity index (χ4v) is 1.81. The zero-order valence-electron chi connectivity index (χ0n) is 11.0. The van der Waals surface area contributed by atoms with E-state index in [2.05, 4.69) is 19.2 Å². The number of nitro benzene ring substituents is 1. The molecule has 0 saturated heterocycles. The highest BCUT2D eigenvalue weighted by Crippen LogP contribution is 2.30. The SMILES string of the molecule is CC(C)CCCCNc1cccc(N)c1[N+](=O)[O-]. The van der Waals surface area contributed by atoms with Crippen molar-refractivity contribution in [1.29, 1.82) is 0 Å². The third kappa shape index (κ3) is 4.24. The first kappa shape index (κ1) is 14.3. The van der Waals surface area contributed by atoms with Crippen LogP contribution in [0.1, 0.15) is 33.1 Å². The largest absolute Gasteiger partial charge is 0.393 e. The Hall–Kier alpha value is -1.78. The van der Waals surface area contributed by atoms with Crippen molar-refractivity contribution >= 4 is 17.1 Å². The van der Waals surface area contributed by atoms with Crippen molar-refractivity contribution in [2.75, 3.05) is 17.6 Å². The van der Waals surface area contributed by atoms with E-state index in [1.165, 1.54) is 6.42 Å². The van der Waals surface area contributed by atoms with Crippen LogP contribution in [-0.2, 0) is 0 Å². The summed E-state index contributed by atoms with van der Waals surface area (Å²) in [6, 6.07) is 4.96. The van der Waals surface area contributed by atoms with E-state index in [0.29, 0.717) is 11.6 Å². The summed E-state index contributed by atoms with van der Waals surface area (Å²) in [6.07, 6.45) is 3.31. The number of nitrogens with two attached hydrogens (primary N) is 1. The van der Waals surface area contributed by atoms with Gasteiger partial charge in [0, 0.05) is 6.54 Å². The topological polar surface area (TPSA) is 81.2 Å². The number of para-hydroxylation sites is 1. The van der Waals surface area contributed by atoms with Crippen LogP contribution in [0.4, 0.5) is 17.1 Å². The highest BCUT2D eigenvalue weighted by Gasteiger charge is 2.16. The number of nitrogens with zero attached hydrogens (tertiary/aromatic N) is 1. The predicted octanol–water partition coefficient (Wildman–Crippen LogP) is 3.42. The molecule has 1 aromatic rings. The van der Waals surface area contributed by atoms with E-state index in [9.17, 15) is 10.1 Å². The third-order valence-corrected chi connectivity index (χ3v) is 2.77. The molecule has 1 rings (SSSR count). The normalized spacial score (nSPS) is 10.6. The Morgan fingerprint density at radius 2 is 2.11 bits per heavy atom. The molecule has 0 aliphatic heterocycles. The van der Waals surface area contributed by atoms with Crippen LogP contribution < -0.4 is 11.1 Å². The first-order valence-electron chi connectivity index (χ1n) is 6.29. The molecule has 0 fully saturated rings. The van der Waals surface area contributed by atoms with Crippen molar-refractivity contribution in [3.05, 3.63) is 28.3 Å². The van der Waals surface area contributed by atoms with Gasteiger partial charge < -0.3 is 11.1 Å². The Balaban J connectivity index is 2.52. The van der Waals surface area contributed by atoms with Gasteiger partial charge in [0.25, 0.3) is 0 Å². The lowest BCUT2D eigenvalue weighted by atomic mass is 10.1. The quantitative estimate of drug-likeness (QED) is 0.337. The molecule has 0 saturated carbocycles. The molecule has 0 atom stereocenters. The van der Waals surface area contributed by atoms with Crippen LogP contribution in [-0.4, -0.2) is 11.5 Å². The second-order valence-electron chi connectivity index (χ2n) is 4.82. The molecule has 100 valence electrons. The smallest absolute Gasteiger partial charge is 0.314 e. The molecular formula is C13H21N3O2. The Morgan fingerprint density at radius 3 is 2.72 bits per heavy atom. The third-order valence-electron chi connectivity index (χ3n) is 2.77. The average Bonchev–Trinajstić information content (AvgIpc) is 2.27. The van der Waals surface area contributed by atoms with E-state index >= 15 is 0 Å². The summed E-state index contributed by atoms with van der Waals surface area (Å²) in [5.74, 6) is 0.701. The summed E-state index contributed by atoms with van der Waals surface area (Å²) in [5, 5.41) is 14.0. The maximum absolute atomic E-state index is 10.9. The molecule has 0 aliphatic carbocycles. The van der Waals surface area contributed by atoms with Crippen molar-refractivity contribution in [2.45, 2.75) is 33.1 Å². The summed E-state index contributed by atoms with van der Waals surface area (Å²) in [5.41, 5.74) is 6.29. The second kappa shape index (κ2) is 6.83. The number of nitrogens with one attached hydrogen (secondary N) is 1. The standard InChI is InChI=1S/C13H21N3O2/c1-10(2)6-3-4-9-15-12-8-5-7-11(14)13(12)16(17)18/h5,7-8,10,15H,3-4,6,9,14H2,1-2H3. The van der Waals surface area contributed by atoms with Crippen molar-refractivity contribution in [3.63, 3.8) is 0 Å².